The molecule has 0 radical (unpaired) electrons. The molecule has 1 aromatic carbocycles. The second-order valence-electron chi connectivity index (χ2n) is 5.73. The summed E-state index contributed by atoms with van der Waals surface area (Å²) in [7, 11) is 1.62. The SMILES string of the molecule is Cn1c(=S)[nH]c2cc(C(=O)NCC[C@H]3CCCO3)ccc2c1=O. The molecule has 122 valence electrons. The van der Waals surface area contributed by atoms with Crippen molar-refractivity contribution < 1.29 is 9.53 Å². The number of benzene rings is 1. The van der Waals surface area contributed by atoms with E-state index < -0.39 is 0 Å². The van der Waals surface area contributed by atoms with E-state index in [2.05, 4.69) is 10.3 Å². The van der Waals surface area contributed by atoms with Crippen LogP contribution in [-0.4, -0.2) is 34.7 Å². The summed E-state index contributed by atoms with van der Waals surface area (Å²) >= 11 is 5.10. The molecular formula is C16H19N3O3S. The van der Waals surface area contributed by atoms with Crippen LogP contribution in [0, 0.1) is 4.77 Å². The molecule has 1 aliphatic heterocycles. The van der Waals surface area contributed by atoms with Crippen molar-refractivity contribution in [3.05, 3.63) is 38.9 Å². The van der Waals surface area contributed by atoms with Crippen molar-refractivity contribution >= 4 is 29.0 Å². The van der Waals surface area contributed by atoms with Crippen LogP contribution in [0.15, 0.2) is 23.0 Å². The van der Waals surface area contributed by atoms with E-state index in [1.165, 1.54) is 4.57 Å². The fraction of sp³-hybridized carbons (Fsp3) is 0.438. The van der Waals surface area contributed by atoms with Crippen molar-refractivity contribution in [3.63, 3.8) is 0 Å². The summed E-state index contributed by atoms with van der Waals surface area (Å²) in [5, 5.41) is 3.40. The predicted octanol–water partition coefficient (Wildman–Crippen LogP) is 1.89. The molecule has 7 heteroatoms. The Morgan fingerprint density at radius 3 is 3.09 bits per heavy atom. The Hall–Kier alpha value is -1.99. The van der Waals surface area contributed by atoms with Crippen molar-refractivity contribution in [1.82, 2.24) is 14.9 Å². The lowest BCUT2D eigenvalue weighted by Gasteiger charge is -2.10. The lowest BCUT2D eigenvalue weighted by atomic mass is 10.1. The molecule has 1 aliphatic rings. The van der Waals surface area contributed by atoms with Gasteiger partial charge in [0.05, 0.1) is 17.0 Å². The molecule has 1 fully saturated rings. The van der Waals surface area contributed by atoms with Crippen molar-refractivity contribution in [1.29, 1.82) is 0 Å². The smallest absolute Gasteiger partial charge is 0.261 e. The van der Waals surface area contributed by atoms with Crippen LogP contribution in [0.2, 0.25) is 0 Å². The second-order valence-corrected chi connectivity index (χ2v) is 6.12. The minimum atomic E-state index is -0.172. The van der Waals surface area contributed by atoms with Gasteiger partial charge in [-0.2, -0.15) is 0 Å². The van der Waals surface area contributed by atoms with E-state index in [1.807, 2.05) is 0 Å². The van der Waals surface area contributed by atoms with Crippen molar-refractivity contribution in [2.75, 3.05) is 13.2 Å². The van der Waals surface area contributed by atoms with Crippen LogP contribution in [0.25, 0.3) is 10.9 Å². The van der Waals surface area contributed by atoms with Crippen molar-refractivity contribution in [2.45, 2.75) is 25.4 Å². The van der Waals surface area contributed by atoms with Crippen molar-refractivity contribution in [2.24, 2.45) is 7.05 Å². The molecule has 3 rings (SSSR count). The molecule has 23 heavy (non-hydrogen) atoms. The summed E-state index contributed by atoms with van der Waals surface area (Å²) in [6.07, 6.45) is 3.23. The van der Waals surface area contributed by atoms with Gasteiger partial charge in [0.2, 0.25) is 0 Å². The zero-order valence-electron chi connectivity index (χ0n) is 12.9. The standard InChI is InChI=1S/C16H19N3O3S/c1-19-15(21)12-5-4-10(9-13(12)18-16(19)23)14(20)17-7-6-11-3-2-8-22-11/h4-5,9,11H,2-3,6-8H2,1H3,(H,17,20)(H,18,23)/t11-/m1/s1. The highest BCUT2D eigenvalue weighted by Crippen LogP contribution is 2.15. The Labute approximate surface area is 138 Å². The number of carbonyl (C=O) groups is 1. The minimum absolute atomic E-state index is 0.162. The van der Waals surface area contributed by atoms with Gasteiger partial charge in [0.15, 0.2) is 4.77 Å². The molecule has 1 amide bonds. The van der Waals surface area contributed by atoms with Crippen LogP contribution in [0.1, 0.15) is 29.6 Å². The first kappa shape index (κ1) is 15.9. The van der Waals surface area contributed by atoms with Crippen LogP contribution < -0.4 is 10.9 Å². The third-order valence-corrected chi connectivity index (χ3v) is 4.51. The van der Waals surface area contributed by atoms with Crippen LogP contribution in [0.5, 0.6) is 0 Å². The zero-order chi connectivity index (χ0) is 16.4. The number of aromatic nitrogens is 2. The van der Waals surface area contributed by atoms with Gasteiger partial charge in [0, 0.05) is 25.8 Å². The van der Waals surface area contributed by atoms with Crippen LogP contribution in [-0.2, 0) is 11.8 Å². The zero-order valence-corrected chi connectivity index (χ0v) is 13.7. The number of hydrogen-bond acceptors (Lipinski definition) is 4. The average Bonchev–Trinajstić information content (AvgIpc) is 3.05. The van der Waals surface area contributed by atoms with E-state index in [9.17, 15) is 9.59 Å². The highest BCUT2D eigenvalue weighted by molar-refractivity contribution is 7.71. The van der Waals surface area contributed by atoms with Gasteiger partial charge in [-0.3, -0.25) is 14.2 Å². The maximum absolute atomic E-state index is 12.2. The van der Waals surface area contributed by atoms with Crippen LogP contribution in [0.3, 0.4) is 0 Å². The van der Waals surface area contributed by atoms with Gasteiger partial charge in [0.25, 0.3) is 11.5 Å². The van der Waals surface area contributed by atoms with Gasteiger partial charge < -0.3 is 15.0 Å². The molecule has 6 nitrogen and oxygen atoms in total. The number of rotatable bonds is 4. The topological polar surface area (TPSA) is 76.1 Å². The monoisotopic (exact) mass is 333 g/mol. The average molecular weight is 333 g/mol. The lowest BCUT2D eigenvalue weighted by molar-refractivity contribution is 0.0907. The van der Waals surface area contributed by atoms with E-state index in [4.69, 9.17) is 17.0 Å². The molecule has 0 spiro atoms. The number of hydrogen-bond donors (Lipinski definition) is 2. The molecule has 0 saturated carbocycles. The summed E-state index contributed by atoms with van der Waals surface area (Å²) < 4.78 is 7.24. The molecule has 0 unspecified atom stereocenters. The number of nitrogens with zero attached hydrogens (tertiary/aromatic N) is 1. The van der Waals surface area contributed by atoms with Gasteiger partial charge in [-0.05, 0) is 49.7 Å². The van der Waals surface area contributed by atoms with Gasteiger partial charge in [-0.15, -0.1) is 0 Å². The van der Waals surface area contributed by atoms with Crippen LogP contribution >= 0.6 is 12.2 Å². The summed E-state index contributed by atoms with van der Waals surface area (Å²) in [5.41, 5.74) is 0.905. The predicted molar refractivity (Wildman–Crippen MR) is 90.3 cm³/mol. The molecule has 0 aliphatic carbocycles. The fourth-order valence-corrected chi connectivity index (χ4v) is 2.96. The van der Waals surface area contributed by atoms with Gasteiger partial charge in [-0.25, -0.2) is 0 Å². The fourth-order valence-electron chi connectivity index (χ4n) is 2.77. The third-order valence-electron chi connectivity index (χ3n) is 4.14. The van der Waals surface area contributed by atoms with Crippen molar-refractivity contribution in [3.8, 4) is 0 Å². The Balaban J connectivity index is 1.74. The summed E-state index contributed by atoms with van der Waals surface area (Å²) in [4.78, 5) is 27.3. The summed E-state index contributed by atoms with van der Waals surface area (Å²) in [6.45, 7) is 1.39. The largest absolute Gasteiger partial charge is 0.378 e. The Morgan fingerprint density at radius 1 is 1.52 bits per heavy atom. The molecule has 1 atom stereocenters. The normalized spacial score (nSPS) is 17.5. The lowest BCUT2D eigenvalue weighted by Crippen LogP contribution is -2.27. The van der Waals surface area contributed by atoms with Crippen LogP contribution in [0.4, 0.5) is 0 Å². The second kappa shape index (κ2) is 6.64. The van der Waals surface area contributed by atoms with Gasteiger partial charge >= 0.3 is 0 Å². The first-order chi connectivity index (χ1) is 11.1. The number of aromatic amines is 1. The maximum atomic E-state index is 12.2. The van der Waals surface area contributed by atoms with E-state index in [1.54, 1.807) is 25.2 Å². The first-order valence-electron chi connectivity index (χ1n) is 7.69. The molecule has 2 heterocycles. The van der Waals surface area contributed by atoms with E-state index in [-0.39, 0.29) is 17.6 Å². The molecule has 2 aromatic rings. The Morgan fingerprint density at radius 2 is 2.35 bits per heavy atom. The number of ether oxygens (including phenoxy) is 1. The quantitative estimate of drug-likeness (QED) is 0.838. The van der Waals surface area contributed by atoms with E-state index in [0.717, 1.165) is 25.9 Å². The number of carbonyl (C=O) groups excluding carboxylic acids is 1. The number of H-pyrrole nitrogens is 1. The Kier molecular flexibility index (Phi) is 4.58. The van der Waals surface area contributed by atoms with E-state index >= 15 is 0 Å². The molecule has 2 N–H and O–H groups in total. The maximum Gasteiger partial charge on any atom is 0.261 e. The first-order valence-corrected chi connectivity index (χ1v) is 8.10. The number of amides is 1. The number of nitrogens with one attached hydrogen (secondary N) is 2. The minimum Gasteiger partial charge on any atom is -0.378 e. The van der Waals surface area contributed by atoms with E-state index in [0.29, 0.717) is 27.8 Å². The summed E-state index contributed by atoms with van der Waals surface area (Å²) in [6, 6.07) is 4.97. The highest BCUT2D eigenvalue weighted by Gasteiger charge is 2.15. The summed E-state index contributed by atoms with van der Waals surface area (Å²) in [5.74, 6) is -0.162. The number of fused-ring (bicyclic) bond motifs is 1. The third kappa shape index (κ3) is 3.35. The van der Waals surface area contributed by atoms with Gasteiger partial charge in [-0.1, -0.05) is 0 Å². The molecule has 0 bridgehead atoms. The van der Waals surface area contributed by atoms with Gasteiger partial charge in [0.1, 0.15) is 0 Å². The molecule has 1 saturated heterocycles. The Bertz CT molecular complexity index is 850. The molecular weight excluding hydrogens is 314 g/mol. The highest BCUT2D eigenvalue weighted by atomic mass is 32.1. The molecule has 1 aromatic heterocycles.